The third-order valence-corrected chi connectivity index (χ3v) is 3.67. The summed E-state index contributed by atoms with van der Waals surface area (Å²) in [6, 6.07) is 4.57. The van der Waals surface area contributed by atoms with Crippen LogP contribution in [-0.4, -0.2) is 26.4 Å². The first-order valence-electron chi connectivity index (χ1n) is 6.82. The molecule has 4 nitrogen and oxygen atoms in total. The summed E-state index contributed by atoms with van der Waals surface area (Å²) in [6.45, 7) is 2.09. The molecule has 1 aliphatic rings. The van der Waals surface area contributed by atoms with E-state index in [-0.39, 0.29) is 0 Å². The molecule has 0 radical (unpaired) electrons. The largest absolute Gasteiger partial charge is 0.290 e. The second-order valence-electron chi connectivity index (χ2n) is 4.97. The van der Waals surface area contributed by atoms with Crippen molar-refractivity contribution in [2.75, 3.05) is 6.54 Å². The van der Waals surface area contributed by atoms with E-state index < -0.39 is 0 Å². The molecular formula is C15H18N4. The molecule has 98 valence electrons. The number of hydrogen-bond donors (Lipinski definition) is 0. The summed E-state index contributed by atoms with van der Waals surface area (Å²) < 4.78 is 0. The van der Waals surface area contributed by atoms with Crippen LogP contribution in [0.2, 0.25) is 0 Å². The summed E-state index contributed by atoms with van der Waals surface area (Å²) in [7, 11) is 0. The Balaban J connectivity index is 1.78. The van der Waals surface area contributed by atoms with E-state index in [1.165, 1.54) is 24.8 Å². The second-order valence-corrected chi connectivity index (χ2v) is 4.97. The van der Waals surface area contributed by atoms with Gasteiger partial charge in [0.05, 0.1) is 11.7 Å². The third-order valence-electron chi connectivity index (χ3n) is 3.67. The monoisotopic (exact) mass is 254 g/mol. The van der Waals surface area contributed by atoms with E-state index in [4.69, 9.17) is 0 Å². The molecule has 19 heavy (non-hydrogen) atoms. The molecule has 4 heteroatoms. The molecule has 3 heterocycles. The maximum absolute atomic E-state index is 4.48. The minimum Gasteiger partial charge on any atom is -0.290 e. The topological polar surface area (TPSA) is 41.9 Å². The number of nitrogens with zero attached hydrogens (tertiary/aromatic N) is 4. The van der Waals surface area contributed by atoms with E-state index in [1.807, 2.05) is 18.6 Å². The summed E-state index contributed by atoms with van der Waals surface area (Å²) in [5.41, 5.74) is 2.40. The van der Waals surface area contributed by atoms with Gasteiger partial charge in [0.2, 0.25) is 0 Å². The SMILES string of the molecule is c1cc(CN2CCCC[C@@H]2c2cnccn2)ccn1. The lowest BCUT2D eigenvalue weighted by Gasteiger charge is -2.35. The summed E-state index contributed by atoms with van der Waals surface area (Å²) in [4.78, 5) is 15.3. The van der Waals surface area contributed by atoms with Crippen molar-refractivity contribution in [3.05, 3.63) is 54.4 Å². The van der Waals surface area contributed by atoms with E-state index in [9.17, 15) is 0 Å². The lowest BCUT2D eigenvalue weighted by atomic mass is 9.99. The van der Waals surface area contributed by atoms with E-state index in [0.29, 0.717) is 6.04 Å². The van der Waals surface area contributed by atoms with Crippen LogP contribution in [0.4, 0.5) is 0 Å². The number of hydrogen-bond acceptors (Lipinski definition) is 4. The molecule has 3 rings (SSSR count). The predicted molar refractivity (Wildman–Crippen MR) is 73.3 cm³/mol. The molecule has 1 atom stereocenters. The molecule has 0 spiro atoms. The van der Waals surface area contributed by atoms with Gasteiger partial charge in [-0.1, -0.05) is 6.42 Å². The fourth-order valence-electron chi connectivity index (χ4n) is 2.72. The molecule has 0 unspecified atom stereocenters. The number of piperidine rings is 1. The number of likely N-dealkylation sites (tertiary alicyclic amines) is 1. The van der Waals surface area contributed by atoms with Crippen LogP contribution in [0.5, 0.6) is 0 Å². The minimum atomic E-state index is 0.399. The van der Waals surface area contributed by atoms with Crippen molar-refractivity contribution in [1.29, 1.82) is 0 Å². The standard InChI is InChI=1S/C15H18N4/c1-2-10-19(12-13-4-6-16-7-5-13)15(3-1)14-11-17-8-9-18-14/h4-9,11,15H,1-3,10,12H2/t15-/m1/s1. The molecule has 2 aromatic heterocycles. The maximum atomic E-state index is 4.48. The zero-order valence-electron chi connectivity index (χ0n) is 10.9. The lowest BCUT2D eigenvalue weighted by molar-refractivity contribution is 0.137. The van der Waals surface area contributed by atoms with Crippen molar-refractivity contribution in [3.8, 4) is 0 Å². The van der Waals surface area contributed by atoms with Crippen LogP contribution in [0.3, 0.4) is 0 Å². The maximum Gasteiger partial charge on any atom is 0.0758 e. The van der Waals surface area contributed by atoms with Crippen LogP contribution in [-0.2, 0) is 6.54 Å². The van der Waals surface area contributed by atoms with Crippen LogP contribution >= 0.6 is 0 Å². The van der Waals surface area contributed by atoms with Gasteiger partial charge in [-0.15, -0.1) is 0 Å². The first kappa shape index (κ1) is 12.2. The molecule has 1 fully saturated rings. The normalized spacial score (nSPS) is 20.3. The lowest BCUT2D eigenvalue weighted by Crippen LogP contribution is -2.33. The summed E-state index contributed by atoms with van der Waals surface area (Å²) >= 11 is 0. The number of pyridine rings is 1. The van der Waals surface area contributed by atoms with Crippen LogP contribution in [0.25, 0.3) is 0 Å². The van der Waals surface area contributed by atoms with Gasteiger partial charge in [-0.2, -0.15) is 0 Å². The van der Waals surface area contributed by atoms with Gasteiger partial charge in [0.1, 0.15) is 0 Å². The Hall–Kier alpha value is -1.81. The van der Waals surface area contributed by atoms with Gasteiger partial charge in [0, 0.05) is 37.5 Å². The van der Waals surface area contributed by atoms with Crippen molar-refractivity contribution in [3.63, 3.8) is 0 Å². The average Bonchev–Trinajstić information content (AvgIpc) is 2.50. The van der Waals surface area contributed by atoms with E-state index in [1.54, 1.807) is 12.4 Å². The third kappa shape index (κ3) is 2.96. The Morgan fingerprint density at radius 2 is 1.95 bits per heavy atom. The Morgan fingerprint density at radius 3 is 2.74 bits per heavy atom. The Kier molecular flexibility index (Phi) is 3.79. The minimum absolute atomic E-state index is 0.399. The van der Waals surface area contributed by atoms with Crippen molar-refractivity contribution in [1.82, 2.24) is 19.9 Å². The molecule has 1 aliphatic heterocycles. The number of aromatic nitrogens is 3. The van der Waals surface area contributed by atoms with E-state index >= 15 is 0 Å². The first-order chi connectivity index (χ1) is 9.43. The highest BCUT2D eigenvalue weighted by Crippen LogP contribution is 2.30. The Labute approximate surface area is 113 Å². The van der Waals surface area contributed by atoms with Crippen molar-refractivity contribution >= 4 is 0 Å². The zero-order valence-corrected chi connectivity index (χ0v) is 10.9. The van der Waals surface area contributed by atoms with Gasteiger partial charge in [-0.05, 0) is 37.1 Å². The van der Waals surface area contributed by atoms with Crippen LogP contribution in [0.1, 0.15) is 36.6 Å². The average molecular weight is 254 g/mol. The van der Waals surface area contributed by atoms with Crippen molar-refractivity contribution in [2.45, 2.75) is 31.8 Å². The van der Waals surface area contributed by atoms with E-state index in [2.05, 4.69) is 32.0 Å². The van der Waals surface area contributed by atoms with Crippen molar-refractivity contribution < 1.29 is 0 Å². The highest BCUT2D eigenvalue weighted by atomic mass is 15.2. The van der Waals surface area contributed by atoms with Crippen LogP contribution < -0.4 is 0 Å². The molecule has 0 amide bonds. The highest BCUT2D eigenvalue weighted by molar-refractivity contribution is 5.11. The van der Waals surface area contributed by atoms with Gasteiger partial charge in [0.25, 0.3) is 0 Å². The molecule has 0 saturated carbocycles. The Morgan fingerprint density at radius 1 is 1.05 bits per heavy atom. The van der Waals surface area contributed by atoms with Gasteiger partial charge in [0.15, 0.2) is 0 Å². The van der Waals surface area contributed by atoms with Gasteiger partial charge >= 0.3 is 0 Å². The molecule has 0 aromatic carbocycles. The summed E-state index contributed by atoms with van der Waals surface area (Å²) in [6.07, 6.45) is 12.8. The molecule has 1 saturated heterocycles. The smallest absolute Gasteiger partial charge is 0.0758 e. The highest BCUT2D eigenvalue weighted by Gasteiger charge is 2.24. The molecule has 0 bridgehead atoms. The quantitative estimate of drug-likeness (QED) is 0.844. The van der Waals surface area contributed by atoms with Gasteiger partial charge in [-0.3, -0.25) is 19.9 Å². The van der Waals surface area contributed by atoms with Gasteiger partial charge in [-0.25, -0.2) is 0 Å². The van der Waals surface area contributed by atoms with E-state index in [0.717, 1.165) is 18.8 Å². The van der Waals surface area contributed by atoms with Crippen LogP contribution in [0.15, 0.2) is 43.1 Å². The first-order valence-corrected chi connectivity index (χ1v) is 6.82. The molecule has 2 aromatic rings. The number of rotatable bonds is 3. The predicted octanol–water partition coefficient (Wildman–Crippen LogP) is 2.60. The van der Waals surface area contributed by atoms with Crippen molar-refractivity contribution in [2.24, 2.45) is 0 Å². The molecular weight excluding hydrogens is 236 g/mol. The molecule has 0 N–H and O–H groups in total. The van der Waals surface area contributed by atoms with Gasteiger partial charge < -0.3 is 0 Å². The molecule has 0 aliphatic carbocycles. The fraction of sp³-hybridized carbons (Fsp3) is 0.400. The Bertz CT molecular complexity index is 500. The summed E-state index contributed by atoms with van der Waals surface area (Å²) in [5.74, 6) is 0. The van der Waals surface area contributed by atoms with Crippen LogP contribution in [0, 0.1) is 0 Å². The zero-order chi connectivity index (χ0) is 12.9. The summed E-state index contributed by atoms with van der Waals surface area (Å²) in [5, 5.41) is 0. The fourth-order valence-corrected chi connectivity index (χ4v) is 2.72. The second kappa shape index (κ2) is 5.89.